The molecule has 1 aliphatic rings. The van der Waals surface area contributed by atoms with E-state index >= 15 is 0 Å². The summed E-state index contributed by atoms with van der Waals surface area (Å²) in [5.41, 5.74) is 7.52. The molecule has 78 valence electrons. The lowest BCUT2D eigenvalue weighted by Gasteiger charge is -2.24. The number of rotatable bonds is 2. The highest BCUT2D eigenvalue weighted by molar-refractivity contribution is 5.77. The third-order valence-electron chi connectivity index (χ3n) is 2.35. The highest BCUT2D eigenvalue weighted by Gasteiger charge is 2.29. The van der Waals surface area contributed by atoms with Gasteiger partial charge in [0.2, 0.25) is 0 Å². The maximum atomic E-state index is 11.6. The molecule has 14 heavy (non-hydrogen) atoms. The molecular formula is C11H17NO2. The summed E-state index contributed by atoms with van der Waals surface area (Å²) in [6.07, 6.45) is 3.87. The minimum absolute atomic E-state index is 0.124. The van der Waals surface area contributed by atoms with E-state index in [9.17, 15) is 4.79 Å². The number of hydrogen-bond donors (Lipinski definition) is 1. The summed E-state index contributed by atoms with van der Waals surface area (Å²) in [7, 11) is 0. The molecule has 1 aliphatic carbocycles. The van der Waals surface area contributed by atoms with E-state index in [0.717, 1.165) is 5.57 Å². The first-order chi connectivity index (χ1) is 6.56. The summed E-state index contributed by atoms with van der Waals surface area (Å²) >= 11 is 0. The summed E-state index contributed by atoms with van der Waals surface area (Å²) in [5, 5.41) is 0. The van der Waals surface area contributed by atoms with Crippen LogP contribution in [0.3, 0.4) is 0 Å². The Morgan fingerprint density at radius 1 is 1.64 bits per heavy atom. The summed E-state index contributed by atoms with van der Waals surface area (Å²) in [6, 6.07) is 0. The van der Waals surface area contributed by atoms with Crippen LogP contribution in [0.4, 0.5) is 0 Å². The van der Waals surface area contributed by atoms with Gasteiger partial charge in [-0.25, -0.2) is 0 Å². The molecule has 2 atom stereocenters. The van der Waals surface area contributed by atoms with Crippen molar-refractivity contribution in [1.29, 1.82) is 0 Å². The zero-order valence-electron chi connectivity index (χ0n) is 8.91. The Balaban J connectivity index is 2.81. The van der Waals surface area contributed by atoms with Crippen molar-refractivity contribution in [3.63, 3.8) is 0 Å². The van der Waals surface area contributed by atoms with E-state index in [1.807, 2.05) is 26.0 Å². The first-order valence-corrected chi connectivity index (χ1v) is 4.88. The van der Waals surface area contributed by atoms with Crippen LogP contribution in [0.5, 0.6) is 0 Å². The van der Waals surface area contributed by atoms with Crippen LogP contribution < -0.4 is 5.73 Å². The molecule has 0 bridgehead atoms. The Labute approximate surface area is 84.6 Å². The lowest BCUT2D eigenvalue weighted by molar-refractivity contribution is -0.147. The van der Waals surface area contributed by atoms with Crippen molar-refractivity contribution in [2.24, 2.45) is 17.6 Å². The molecule has 2 N–H and O–H groups in total. The van der Waals surface area contributed by atoms with Crippen molar-refractivity contribution in [3.8, 4) is 0 Å². The monoisotopic (exact) mass is 195 g/mol. The lowest BCUT2D eigenvalue weighted by Crippen LogP contribution is -2.30. The van der Waals surface area contributed by atoms with Gasteiger partial charge >= 0.3 is 5.97 Å². The minimum Gasteiger partial charge on any atom is -0.465 e. The van der Waals surface area contributed by atoms with Crippen LogP contribution in [0.1, 0.15) is 20.8 Å². The number of carbonyl (C=O) groups is 1. The summed E-state index contributed by atoms with van der Waals surface area (Å²) in [4.78, 5) is 11.6. The van der Waals surface area contributed by atoms with E-state index in [1.54, 1.807) is 6.92 Å². The summed E-state index contributed by atoms with van der Waals surface area (Å²) in [5.74, 6) is -0.407. The number of ether oxygens (including phenoxy) is 1. The lowest BCUT2D eigenvalue weighted by atomic mass is 9.85. The van der Waals surface area contributed by atoms with Gasteiger partial charge in [-0.2, -0.15) is 0 Å². The minimum atomic E-state index is -0.307. The molecule has 2 unspecified atom stereocenters. The highest BCUT2D eigenvalue weighted by Crippen LogP contribution is 2.27. The second kappa shape index (κ2) is 4.31. The van der Waals surface area contributed by atoms with Crippen LogP contribution in [0.2, 0.25) is 0 Å². The Kier molecular flexibility index (Phi) is 3.33. The molecular weight excluding hydrogens is 178 g/mol. The fourth-order valence-corrected chi connectivity index (χ4v) is 1.80. The quantitative estimate of drug-likeness (QED) is 0.681. The van der Waals surface area contributed by atoms with Crippen molar-refractivity contribution in [3.05, 3.63) is 23.4 Å². The van der Waals surface area contributed by atoms with Gasteiger partial charge in [-0.3, -0.25) is 4.79 Å². The molecule has 0 aromatic heterocycles. The predicted octanol–water partition coefficient (Wildman–Crippen LogP) is 1.60. The summed E-state index contributed by atoms with van der Waals surface area (Å²) < 4.78 is 4.97. The van der Waals surface area contributed by atoms with Crippen LogP contribution >= 0.6 is 0 Å². The Morgan fingerprint density at radius 3 is 2.79 bits per heavy atom. The molecule has 3 heteroatoms. The van der Waals surface area contributed by atoms with Crippen molar-refractivity contribution >= 4 is 5.97 Å². The second-order valence-electron chi connectivity index (χ2n) is 3.64. The molecule has 0 aromatic rings. The number of allylic oxidation sites excluding steroid dienone is 3. The third kappa shape index (κ3) is 2.16. The van der Waals surface area contributed by atoms with E-state index in [-0.39, 0.29) is 17.8 Å². The van der Waals surface area contributed by atoms with E-state index in [1.165, 1.54) is 0 Å². The average molecular weight is 195 g/mol. The average Bonchev–Trinajstić information content (AvgIpc) is 2.01. The van der Waals surface area contributed by atoms with Crippen molar-refractivity contribution in [1.82, 2.24) is 0 Å². The SMILES string of the molecule is CCOC(=O)C1C(N)=CC(C)=CC1C. The van der Waals surface area contributed by atoms with Gasteiger partial charge in [0.15, 0.2) is 0 Å². The van der Waals surface area contributed by atoms with Crippen LogP contribution in [0.25, 0.3) is 0 Å². The normalized spacial score (nSPS) is 26.5. The van der Waals surface area contributed by atoms with Gasteiger partial charge in [0.05, 0.1) is 6.61 Å². The smallest absolute Gasteiger partial charge is 0.315 e. The summed E-state index contributed by atoms with van der Waals surface area (Å²) in [6.45, 7) is 6.15. The highest BCUT2D eigenvalue weighted by atomic mass is 16.5. The van der Waals surface area contributed by atoms with E-state index in [4.69, 9.17) is 10.5 Å². The topological polar surface area (TPSA) is 52.3 Å². The second-order valence-corrected chi connectivity index (χ2v) is 3.64. The molecule has 0 saturated carbocycles. The number of hydrogen-bond acceptors (Lipinski definition) is 3. The fraction of sp³-hybridized carbons (Fsp3) is 0.545. The molecule has 0 fully saturated rings. The van der Waals surface area contributed by atoms with Gasteiger partial charge in [0.1, 0.15) is 5.92 Å². The third-order valence-corrected chi connectivity index (χ3v) is 2.35. The molecule has 0 spiro atoms. The van der Waals surface area contributed by atoms with Crippen molar-refractivity contribution in [2.75, 3.05) is 6.61 Å². The van der Waals surface area contributed by atoms with Crippen molar-refractivity contribution < 1.29 is 9.53 Å². The zero-order chi connectivity index (χ0) is 10.7. The molecule has 0 amide bonds. The standard InChI is InChI=1S/C11H17NO2/c1-4-14-11(13)10-8(3)5-7(2)6-9(10)12/h5-6,8,10H,4,12H2,1-3H3. The Bertz CT molecular complexity index is 292. The van der Waals surface area contributed by atoms with Gasteiger partial charge in [0, 0.05) is 5.70 Å². The van der Waals surface area contributed by atoms with Crippen LogP contribution in [0.15, 0.2) is 23.4 Å². The largest absolute Gasteiger partial charge is 0.465 e. The first kappa shape index (κ1) is 10.8. The van der Waals surface area contributed by atoms with Crippen LogP contribution in [-0.4, -0.2) is 12.6 Å². The van der Waals surface area contributed by atoms with Gasteiger partial charge in [-0.1, -0.05) is 18.6 Å². The molecule has 0 radical (unpaired) electrons. The van der Waals surface area contributed by atoms with Gasteiger partial charge in [0.25, 0.3) is 0 Å². The number of carbonyl (C=O) groups excluding carboxylic acids is 1. The molecule has 0 aliphatic heterocycles. The number of esters is 1. The van der Waals surface area contributed by atoms with Gasteiger partial charge in [-0.05, 0) is 25.8 Å². The first-order valence-electron chi connectivity index (χ1n) is 4.88. The molecule has 0 saturated heterocycles. The van der Waals surface area contributed by atoms with E-state index in [0.29, 0.717) is 12.3 Å². The van der Waals surface area contributed by atoms with Crippen molar-refractivity contribution in [2.45, 2.75) is 20.8 Å². The Hall–Kier alpha value is -1.25. The number of nitrogens with two attached hydrogens (primary N) is 1. The van der Waals surface area contributed by atoms with Crippen LogP contribution in [-0.2, 0) is 9.53 Å². The fourth-order valence-electron chi connectivity index (χ4n) is 1.80. The van der Waals surface area contributed by atoms with E-state index < -0.39 is 0 Å². The Morgan fingerprint density at radius 2 is 2.29 bits per heavy atom. The molecule has 0 aromatic carbocycles. The van der Waals surface area contributed by atoms with Crippen LogP contribution in [0, 0.1) is 11.8 Å². The van der Waals surface area contributed by atoms with E-state index in [2.05, 4.69) is 0 Å². The molecule has 0 heterocycles. The molecule has 3 nitrogen and oxygen atoms in total. The predicted molar refractivity (Wildman–Crippen MR) is 55.3 cm³/mol. The molecule has 1 rings (SSSR count). The zero-order valence-corrected chi connectivity index (χ0v) is 8.91. The maximum absolute atomic E-state index is 11.6. The van der Waals surface area contributed by atoms with Gasteiger partial charge in [-0.15, -0.1) is 0 Å². The van der Waals surface area contributed by atoms with Gasteiger partial charge < -0.3 is 10.5 Å². The maximum Gasteiger partial charge on any atom is 0.315 e.